The molecule has 2 aromatic rings. The first-order valence-corrected chi connectivity index (χ1v) is 10.0. The maximum absolute atomic E-state index is 12.8. The highest BCUT2D eigenvalue weighted by molar-refractivity contribution is 5.96. The van der Waals surface area contributed by atoms with Crippen molar-refractivity contribution in [3.8, 4) is 11.8 Å². The van der Waals surface area contributed by atoms with E-state index in [1.54, 1.807) is 13.0 Å². The second kappa shape index (κ2) is 10.0. The number of carbonyl (C=O) groups excluding carboxylic acids is 1. The molecule has 162 valence electrons. The summed E-state index contributed by atoms with van der Waals surface area (Å²) in [6.45, 7) is 4.30. The maximum atomic E-state index is 12.8. The molecule has 0 radical (unpaired) electrons. The van der Waals surface area contributed by atoms with Gasteiger partial charge in [-0.05, 0) is 24.6 Å². The quantitative estimate of drug-likeness (QED) is 0.538. The van der Waals surface area contributed by atoms with Crippen molar-refractivity contribution in [3.05, 3.63) is 64.2 Å². The van der Waals surface area contributed by atoms with Crippen LogP contribution in [0.15, 0.2) is 48.5 Å². The van der Waals surface area contributed by atoms with Gasteiger partial charge in [0.25, 0.3) is 5.69 Å². The van der Waals surface area contributed by atoms with Gasteiger partial charge in [0.2, 0.25) is 5.91 Å². The Hall–Kier alpha value is -3.48. The molecule has 9 heteroatoms. The van der Waals surface area contributed by atoms with Crippen LogP contribution in [0.5, 0.6) is 5.75 Å². The number of nitriles is 1. The van der Waals surface area contributed by atoms with E-state index >= 15 is 0 Å². The molecule has 1 heterocycles. The van der Waals surface area contributed by atoms with Crippen LogP contribution < -0.4 is 10.1 Å². The Kier molecular flexibility index (Phi) is 7.18. The molecule has 0 spiro atoms. The summed E-state index contributed by atoms with van der Waals surface area (Å²) in [4.78, 5) is 27.7. The van der Waals surface area contributed by atoms with Crippen LogP contribution in [0.4, 0.5) is 11.4 Å². The lowest BCUT2D eigenvalue weighted by Crippen LogP contribution is -2.53. The van der Waals surface area contributed by atoms with Crippen molar-refractivity contribution in [1.29, 1.82) is 5.26 Å². The normalized spacial score (nSPS) is 16.7. The van der Waals surface area contributed by atoms with Crippen molar-refractivity contribution in [1.82, 2.24) is 9.80 Å². The third-order valence-electron chi connectivity index (χ3n) is 5.54. The highest BCUT2D eigenvalue weighted by Gasteiger charge is 2.30. The van der Waals surface area contributed by atoms with Crippen LogP contribution >= 0.6 is 0 Å². The zero-order valence-electron chi connectivity index (χ0n) is 17.5. The lowest BCUT2D eigenvalue weighted by atomic mass is 10.1. The van der Waals surface area contributed by atoms with E-state index in [2.05, 4.69) is 16.3 Å². The van der Waals surface area contributed by atoms with Crippen molar-refractivity contribution < 1.29 is 14.5 Å². The summed E-state index contributed by atoms with van der Waals surface area (Å²) in [5, 5.41) is 23.6. The van der Waals surface area contributed by atoms with Gasteiger partial charge < -0.3 is 10.1 Å². The number of methoxy groups -OCH3 is 1. The zero-order chi connectivity index (χ0) is 22.4. The summed E-state index contributed by atoms with van der Waals surface area (Å²) in [5.41, 5.74) is 0.871. The van der Waals surface area contributed by atoms with Crippen molar-refractivity contribution in [2.24, 2.45) is 0 Å². The van der Waals surface area contributed by atoms with Crippen LogP contribution in [0, 0.1) is 21.4 Å². The van der Waals surface area contributed by atoms with Crippen molar-refractivity contribution in [3.63, 3.8) is 0 Å². The summed E-state index contributed by atoms with van der Waals surface area (Å²) in [6, 6.07) is 15.5. The van der Waals surface area contributed by atoms with Gasteiger partial charge in [-0.3, -0.25) is 24.7 Å². The van der Waals surface area contributed by atoms with E-state index in [1.165, 1.54) is 19.2 Å². The molecule has 1 N–H and O–H groups in total. The van der Waals surface area contributed by atoms with Gasteiger partial charge in [0.05, 0.1) is 30.2 Å². The molecule has 9 nitrogen and oxygen atoms in total. The lowest BCUT2D eigenvalue weighted by Gasteiger charge is -2.39. The minimum Gasteiger partial charge on any atom is -0.496 e. The zero-order valence-corrected chi connectivity index (χ0v) is 17.5. The Morgan fingerprint density at radius 2 is 1.81 bits per heavy atom. The molecule has 2 atom stereocenters. The summed E-state index contributed by atoms with van der Waals surface area (Å²) in [6.07, 6.45) is 0. The van der Waals surface area contributed by atoms with Crippen LogP contribution in [0.2, 0.25) is 0 Å². The second-order valence-corrected chi connectivity index (χ2v) is 7.32. The van der Waals surface area contributed by atoms with Crippen LogP contribution in [0.3, 0.4) is 0 Å². The van der Waals surface area contributed by atoms with Crippen molar-refractivity contribution >= 4 is 17.3 Å². The predicted molar refractivity (Wildman–Crippen MR) is 116 cm³/mol. The molecule has 1 saturated heterocycles. The lowest BCUT2D eigenvalue weighted by molar-refractivity contribution is -0.384. The molecule has 1 amide bonds. The number of nitrogens with zero attached hydrogens (tertiary/aromatic N) is 4. The van der Waals surface area contributed by atoms with Crippen LogP contribution in [0.25, 0.3) is 0 Å². The largest absolute Gasteiger partial charge is 0.496 e. The first-order valence-electron chi connectivity index (χ1n) is 10.0. The van der Waals surface area contributed by atoms with Gasteiger partial charge in [-0.15, -0.1) is 0 Å². The van der Waals surface area contributed by atoms with Crippen LogP contribution in [-0.2, 0) is 4.79 Å². The average Bonchev–Trinajstić information content (AvgIpc) is 2.80. The third kappa shape index (κ3) is 5.17. The monoisotopic (exact) mass is 423 g/mol. The number of nitro benzene ring substituents is 1. The summed E-state index contributed by atoms with van der Waals surface area (Å²) < 4.78 is 5.03. The van der Waals surface area contributed by atoms with Crippen LogP contribution in [-0.4, -0.2) is 60.0 Å². The van der Waals surface area contributed by atoms with Crippen molar-refractivity contribution in [2.45, 2.75) is 19.0 Å². The Balaban J connectivity index is 1.62. The first kappa shape index (κ1) is 22.2. The van der Waals surface area contributed by atoms with Gasteiger partial charge in [0.1, 0.15) is 17.5 Å². The van der Waals surface area contributed by atoms with Crippen LogP contribution in [0.1, 0.15) is 18.5 Å². The van der Waals surface area contributed by atoms with Gasteiger partial charge in [0.15, 0.2) is 0 Å². The van der Waals surface area contributed by atoms with E-state index in [9.17, 15) is 20.2 Å². The smallest absolute Gasteiger partial charge is 0.296 e. The number of nitro groups is 1. The van der Waals surface area contributed by atoms with Crippen molar-refractivity contribution in [2.75, 3.05) is 38.6 Å². The molecular formula is C22H25N5O4. The van der Waals surface area contributed by atoms with E-state index in [4.69, 9.17) is 4.74 Å². The van der Waals surface area contributed by atoms with E-state index < -0.39 is 11.0 Å². The van der Waals surface area contributed by atoms with E-state index in [1.807, 2.05) is 35.2 Å². The number of anilines is 1. The Labute approximate surface area is 181 Å². The van der Waals surface area contributed by atoms with E-state index in [0.29, 0.717) is 31.9 Å². The molecule has 0 saturated carbocycles. The van der Waals surface area contributed by atoms with Gasteiger partial charge >= 0.3 is 0 Å². The minimum absolute atomic E-state index is 0.134. The van der Waals surface area contributed by atoms with Gasteiger partial charge in [-0.1, -0.05) is 30.3 Å². The van der Waals surface area contributed by atoms with Gasteiger partial charge in [0, 0.05) is 26.2 Å². The predicted octanol–water partition coefficient (Wildman–Crippen LogP) is 2.81. The molecule has 3 rings (SSSR count). The van der Waals surface area contributed by atoms with Gasteiger partial charge in [-0.2, -0.15) is 5.26 Å². The van der Waals surface area contributed by atoms with E-state index in [0.717, 1.165) is 5.56 Å². The van der Waals surface area contributed by atoms with Gasteiger partial charge in [-0.25, -0.2) is 0 Å². The average molecular weight is 423 g/mol. The number of rotatable bonds is 7. The topological polar surface area (TPSA) is 112 Å². The number of hydrogen-bond acceptors (Lipinski definition) is 7. The Morgan fingerprint density at radius 3 is 2.39 bits per heavy atom. The molecule has 31 heavy (non-hydrogen) atoms. The number of carbonyl (C=O) groups is 1. The molecule has 0 aliphatic carbocycles. The Bertz CT molecular complexity index is 968. The standard InChI is InChI=1S/C22H25N5O4/c1-16(22(28)24-19-9-8-18(31-2)14-20(19)27(29)30)25-10-12-26(13-11-25)21(15-23)17-6-4-3-5-7-17/h3-9,14,16,21H,10-13H2,1-2H3,(H,24,28). The third-order valence-corrected chi connectivity index (χ3v) is 5.54. The van der Waals surface area contributed by atoms with E-state index in [-0.39, 0.29) is 23.3 Å². The highest BCUT2D eigenvalue weighted by Crippen LogP contribution is 2.29. The molecule has 1 fully saturated rings. The number of nitrogens with one attached hydrogen (secondary N) is 1. The second-order valence-electron chi connectivity index (χ2n) is 7.32. The number of ether oxygens (including phenoxy) is 1. The molecule has 2 unspecified atom stereocenters. The SMILES string of the molecule is COc1ccc(NC(=O)C(C)N2CCN(C(C#N)c3ccccc3)CC2)c([N+](=O)[O-])c1. The minimum atomic E-state index is -0.548. The number of piperazine rings is 1. The molecule has 0 bridgehead atoms. The molecule has 0 aromatic heterocycles. The highest BCUT2D eigenvalue weighted by atomic mass is 16.6. The number of hydrogen-bond donors (Lipinski definition) is 1. The molecular weight excluding hydrogens is 398 g/mol. The molecule has 1 aliphatic heterocycles. The fourth-order valence-corrected chi connectivity index (χ4v) is 3.68. The fraction of sp³-hybridized carbons (Fsp3) is 0.364. The summed E-state index contributed by atoms with van der Waals surface area (Å²) >= 11 is 0. The molecule has 1 aliphatic rings. The fourth-order valence-electron chi connectivity index (χ4n) is 3.68. The summed E-state index contributed by atoms with van der Waals surface area (Å²) in [7, 11) is 1.42. The summed E-state index contributed by atoms with van der Waals surface area (Å²) in [5.74, 6) is 0.0286. The number of amides is 1. The number of benzene rings is 2. The first-order chi connectivity index (χ1) is 14.9. The molecule has 2 aromatic carbocycles. The maximum Gasteiger partial charge on any atom is 0.296 e. The Morgan fingerprint density at radius 1 is 1.16 bits per heavy atom.